The first-order chi connectivity index (χ1) is 14.8. The summed E-state index contributed by atoms with van der Waals surface area (Å²) in [6.07, 6.45) is -5.43. The second-order valence-electron chi connectivity index (χ2n) is 7.27. The first-order valence-corrected chi connectivity index (χ1v) is 11.2. The Balaban J connectivity index is 2.14. The predicted molar refractivity (Wildman–Crippen MR) is 113 cm³/mol. The molecule has 0 fully saturated rings. The summed E-state index contributed by atoms with van der Waals surface area (Å²) in [5.41, 5.74) is 0.470. The van der Waals surface area contributed by atoms with Crippen LogP contribution in [-0.2, 0) is 15.6 Å². The average Bonchev–Trinajstić information content (AvgIpc) is 2.70. The van der Waals surface area contributed by atoms with Gasteiger partial charge in [-0.2, -0.15) is 4.98 Å². The SMILES string of the molecule is Cc1cc2c(nc3c(=O)[nH]c(=O)[nH]c3[n+]2C[C@H](O)[C@H](O)[C@H](O)COP(=O)(O)O)c(S)c1C. The molecule has 2 aromatic heterocycles. The molecule has 0 saturated carbocycles. The van der Waals surface area contributed by atoms with Gasteiger partial charge in [-0.15, -0.1) is 12.6 Å². The molecule has 1 aromatic carbocycles. The van der Waals surface area contributed by atoms with E-state index in [0.717, 1.165) is 11.1 Å². The summed E-state index contributed by atoms with van der Waals surface area (Å²) in [7, 11) is -4.90. The number of hydrogen-bond donors (Lipinski definition) is 8. The molecule has 0 saturated heterocycles. The summed E-state index contributed by atoms with van der Waals surface area (Å²) in [5.74, 6) is 0. The zero-order valence-corrected chi connectivity index (χ0v) is 18.7. The fourth-order valence-electron chi connectivity index (χ4n) is 3.20. The Morgan fingerprint density at radius 3 is 2.44 bits per heavy atom. The van der Waals surface area contributed by atoms with Gasteiger partial charge in [0.15, 0.2) is 5.52 Å². The molecule has 0 bridgehead atoms. The van der Waals surface area contributed by atoms with E-state index in [-0.39, 0.29) is 11.2 Å². The number of nitrogens with one attached hydrogen (secondary N) is 2. The zero-order chi connectivity index (χ0) is 24.0. The van der Waals surface area contributed by atoms with E-state index >= 15 is 0 Å². The van der Waals surface area contributed by atoms with E-state index in [1.54, 1.807) is 19.9 Å². The van der Waals surface area contributed by atoms with Gasteiger partial charge in [-0.05, 0) is 31.0 Å². The average molecular weight is 489 g/mol. The second kappa shape index (κ2) is 9.00. The molecule has 3 atom stereocenters. The van der Waals surface area contributed by atoms with E-state index in [0.29, 0.717) is 15.9 Å². The minimum absolute atomic E-state index is 0.0468. The summed E-state index contributed by atoms with van der Waals surface area (Å²) in [5, 5.41) is 30.7. The van der Waals surface area contributed by atoms with Crippen molar-refractivity contribution in [3.8, 4) is 0 Å². The van der Waals surface area contributed by atoms with Crippen LogP contribution in [-0.4, -0.2) is 65.0 Å². The molecular formula is C17H22N4O9PS+. The van der Waals surface area contributed by atoms with Gasteiger partial charge in [-0.3, -0.25) is 14.3 Å². The molecule has 3 aromatic rings. The Bertz CT molecular complexity index is 1350. The zero-order valence-electron chi connectivity index (χ0n) is 16.9. The van der Waals surface area contributed by atoms with Crippen LogP contribution in [0.25, 0.3) is 22.2 Å². The van der Waals surface area contributed by atoms with Crippen molar-refractivity contribution in [1.29, 1.82) is 0 Å². The van der Waals surface area contributed by atoms with Gasteiger partial charge in [0.2, 0.25) is 5.52 Å². The highest BCUT2D eigenvalue weighted by atomic mass is 32.1. The van der Waals surface area contributed by atoms with Gasteiger partial charge in [-0.1, -0.05) is 0 Å². The Morgan fingerprint density at radius 1 is 1.16 bits per heavy atom. The van der Waals surface area contributed by atoms with E-state index < -0.39 is 50.5 Å². The van der Waals surface area contributed by atoms with Gasteiger partial charge in [0, 0.05) is 4.90 Å². The van der Waals surface area contributed by atoms with E-state index in [1.165, 1.54) is 4.57 Å². The summed E-state index contributed by atoms with van der Waals surface area (Å²) < 4.78 is 16.3. The Kier molecular flexibility index (Phi) is 6.88. The van der Waals surface area contributed by atoms with Crippen molar-refractivity contribution in [2.45, 2.75) is 43.6 Å². The van der Waals surface area contributed by atoms with Crippen molar-refractivity contribution < 1.29 is 38.8 Å². The third-order valence-corrected chi connectivity index (χ3v) is 6.05. The molecule has 0 aliphatic carbocycles. The van der Waals surface area contributed by atoms with Gasteiger partial charge in [0.25, 0.3) is 5.56 Å². The summed E-state index contributed by atoms with van der Waals surface area (Å²) >= 11 is 4.48. The van der Waals surface area contributed by atoms with Gasteiger partial charge < -0.3 is 25.1 Å². The number of phosphoric ester groups is 1. The molecular weight excluding hydrogens is 467 g/mol. The standard InChI is InChI=1S/C17H21N4O9PS/c1-6-3-8-11(14(32)7(6)2)18-12-15(19-17(26)20-16(12)25)21(8)4-9(22)13(24)10(23)5-30-31(27,28)29/h3,9-10,13,22-24H,4-5H2,1-2H3,(H4,19,20,25,26,27,28,29,32)/p+1/t9-,10+,13-/m0/s1. The lowest BCUT2D eigenvalue weighted by Crippen LogP contribution is -2.51. The quantitative estimate of drug-likeness (QED) is 0.0803. The molecule has 7 N–H and O–H groups in total. The van der Waals surface area contributed by atoms with E-state index in [1.807, 2.05) is 0 Å². The molecule has 3 rings (SSSR count). The number of nitrogens with zero attached hydrogens (tertiary/aromatic N) is 2. The molecule has 0 unspecified atom stereocenters. The monoisotopic (exact) mass is 489 g/mol. The van der Waals surface area contributed by atoms with Gasteiger partial charge in [0.05, 0.1) is 6.61 Å². The molecule has 2 heterocycles. The largest absolute Gasteiger partial charge is 0.469 e. The van der Waals surface area contributed by atoms with E-state index in [4.69, 9.17) is 9.79 Å². The summed E-state index contributed by atoms with van der Waals surface area (Å²) in [6.45, 7) is 2.23. The van der Waals surface area contributed by atoms with Crippen LogP contribution in [0.5, 0.6) is 0 Å². The third kappa shape index (κ3) is 4.92. The topological polar surface area (TPSA) is 210 Å². The maximum Gasteiger partial charge on any atom is 0.469 e. The van der Waals surface area contributed by atoms with Crippen molar-refractivity contribution in [3.05, 3.63) is 38.0 Å². The normalized spacial score (nSPS) is 15.2. The molecule has 15 heteroatoms. The highest BCUT2D eigenvalue weighted by Gasteiger charge is 2.31. The number of H-pyrrole nitrogens is 2. The molecule has 0 aliphatic heterocycles. The van der Waals surface area contributed by atoms with Crippen molar-refractivity contribution in [1.82, 2.24) is 15.0 Å². The Labute approximate surface area is 185 Å². The molecule has 0 amide bonds. The fourth-order valence-corrected chi connectivity index (χ4v) is 3.88. The number of aryl methyl sites for hydroxylation is 1. The number of fused-ring (bicyclic) bond motifs is 2. The van der Waals surface area contributed by atoms with Crippen molar-refractivity contribution in [2.24, 2.45) is 0 Å². The van der Waals surface area contributed by atoms with Gasteiger partial charge in [0.1, 0.15) is 30.4 Å². The fraction of sp³-hybridized carbons (Fsp3) is 0.412. The molecule has 0 radical (unpaired) electrons. The number of thiol groups is 1. The Morgan fingerprint density at radius 2 is 1.81 bits per heavy atom. The van der Waals surface area contributed by atoms with Crippen LogP contribution >= 0.6 is 20.5 Å². The second-order valence-corrected chi connectivity index (χ2v) is 8.96. The molecule has 0 spiro atoms. The number of hydrogen-bond acceptors (Lipinski definition) is 9. The van der Waals surface area contributed by atoms with Crippen LogP contribution in [0.1, 0.15) is 11.1 Å². The third-order valence-electron chi connectivity index (χ3n) is 5.02. The molecule has 32 heavy (non-hydrogen) atoms. The van der Waals surface area contributed by atoms with E-state index in [2.05, 4.69) is 32.1 Å². The van der Waals surface area contributed by atoms with Crippen LogP contribution in [0.4, 0.5) is 0 Å². The Hall–Kier alpha value is -2.16. The van der Waals surface area contributed by atoms with Crippen molar-refractivity contribution in [3.63, 3.8) is 0 Å². The summed E-state index contributed by atoms with van der Waals surface area (Å²) in [6, 6.07) is 1.70. The molecule has 13 nitrogen and oxygen atoms in total. The molecule has 0 aliphatic rings. The number of aromatic nitrogens is 4. The van der Waals surface area contributed by atoms with Crippen LogP contribution in [0, 0.1) is 13.8 Å². The molecule has 174 valence electrons. The predicted octanol–water partition coefficient (Wildman–Crippen LogP) is -1.85. The number of aliphatic hydroxyl groups excluding tert-OH is 3. The minimum Gasteiger partial charge on any atom is -0.388 e. The first kappa shape index (κ1) is 24.5. The number of aromatic amines is 2. The lowest BCUT2D eigenvalue weighted by molar-refractivity contribution is -0.657. The van der Waals surface area contributed by atoms with Crippen molar-refractivity contribution >= 4 is 42.6 Å². The van der Waals surface area contributed by atoms with Crippen LogP contribution in [0.2, 0.25) is 0 Å². The maximum absolute atomic E-state index is 12.3. The number of phosphoric acid groups is 1. The van der Waals surface area contributed by atoms with Crippen molar-refractivity contribution in [2.75, 3.05) is 6.61 Å². The lowest BCUT2D eigenvalue weighted by Gasteiger charge is -2.23. The van der Waals surface area contributed by atoms with Gasteiger partial charge >= 0.3 is 19.2 Å². The number of benzene rings is 1. The number of rotatable bonds is 7. The number of aliphatic hydroxyl groups is 3. The van der Waals surface area contributed by atoms with Crippen LogP contribution in [0.3, 0.4) is 0 Å². The highest BCUT2D eigenvalue weighted by molar-refractivity contribution is 7.80. The summed E-state index contributed by atoms with van der Waals surface area (Å²) in [4.78, 5) is 51.0. The first-order valence-electron chi connectivity index (χ1n) is 9.23. The smallest absolute Gasteiger partial charge is 0.388 e. The van der Waals surface area contributed by atoms with E-state index in [9.17, 15) is 29.5 Å². The minimum atomic E-state index is -4.90. The van der Waals surface area contributed by atoms with Crippen LogP contribution < -0.4 is 15.8 Å². The van der Waals surface area contributed by atoms with Crippen LogP contribution in [0.15, 0.2) is 20.6 Å². The lowest BCUT2D eigenvalue weighted by atomic mass is 10.1. The highest BCUT2D eigenvalue weighted by Crippen LogP contribution is 2.35. The van der Waals surface area contributed by atoms with Gasteiger partial charge in [-0.25, -0.2) is 18.9 Å². The maximum atomic E-state index is 12.3.